The van der Waals surface area contributed by atoms with Gasteiger partial charge in [0.05, 0.1) is 11.4 Å². The Hall–Kier alpha value is -3.32. The van der Waals surface area contributed by atoms with Gasteiger partial charge in [0.15, 0.2) is 27.3 Å². The Morgan fingerprint density at radius 3 is 2.51 bits per heavy atom. The van der Waals surface area contributed by atoms with Crippen LogP contribution in [0.4, 0.5) is 14.5 Å². The van der Waals surface area contributed by atoms with Gasteiger partial charge in [0.1, 0.15) is 16.2 Å². The van der Waals surface area contributed by atoms with Crippen LogP contribution in [0.3, 0.4) is 0 Å². The van der Waals surface area contributed by atoms with Gasteiger partial charge in [-0.05, 0) is 66.5 Å². The average molecular weight is 578 g/mol. The fourth-order valence-corrected chi connectivity index (χ4v) is 8.55. The van der Waals surface area contributed by atoms with Crippen LogP contribution in [-0.4, -0.2) is 50.9 Å². The van der Waals surface area contributed by atoms with Crippen molar-refractivity contribution in [3.63, 3.8) is 0 Å². The summed E-state index contributed by atoms with van der Waals surface area (Å²) in [6, 6.07) is 7.11. The van der Waals surface area contributed by atoms with E-state index in [-0.39, 0.29) is 63.5 Å². The van der Waals surface area contributed by atoms with E-state index in [2.05, 4.69) is 9.71 Å². The van der Waals surface area contributed by atoms with Gasteiger partial charge in [-0.25, -0.2) is 17.2 Å². The minimum Gasteiger partial charge on any atom is -0.511 e. The molecule has 4 atom stereocenters. The number of hydrogen-bond donors (Lipinski definition) is 2. The first kappa shape index (κ1) is 25.9. The van der Waals surface area contributed by atoms with Gasteiger partial charge in [0, 0.05) is 24.8 Å². The highest BCUT2D eigenvalue weighted by Gasteiger charge is 2.57. The molecule has 2 fully saturated rings. The van der Waals surface area contributed by atoms with Gasteiger partial charge in [0.25, 0.3) is 15.9 Å². The third kappa shape index (κ3) is 4.41. The number of anilines is 1. The third-order valence-corrected chi connectivity index (χ3v) is 10.2. The molecule has 6 rings (SSSR count). The van der Waals surface area contributed by atoms with Gasteiger partial charge in [-0.15, -0.1) is 4.40 Å². The van der Waals surface area contributed by atoms with Crippen molar-refractivity contribution in [2.75, 3.05) is 11.6 Å². The molecule has 2 heterocycles. The lowest BCUT2D eigenvalue weighted by atomic mass is 9.77. The maximum atomic E-state index is 14.0. The van der Waals surface area contributed by atoms with E-state index in [4.69, 9.17) is 0 Å². The minimum absolute atomic E-state index is 0.0529. The minimum atomic E-state index is -4.36. The molecule has 13 heteroatoms. The number of fused-ring (bicyclic) bond motifs is 6. The van der Waals surface area contributed by atoms with Gasteiger partial charge in [-0.2, -0.15) is 8.42 Å². The fourth-order valence-electron chi connectivity index (χ4n) is 6.59. The van der Waals surface area contributed by atoms with Crippen molar-refractivity contribution in [3.8, 4) is 0 Å². The predicted octanol–water partition coefficient (Wildman–Crippen LogP) is 3.29. The van der Waals surface area contributed by atoms with Crippen LogP contribution in [0.25, 0.3) is 0 Å². The van der Waals surface area contributed by atoms with E-state index in [0.717, 1.165) is 37.7 Å². The zero-order valence-electron chi connectivity index (χ0n) is 20.8. The lowest BCUT2D eigenvalue weighted by Gasteiger charge is -2.44. The van der Waals surface area contributed by atoms with Crippen LogP contribution in [0.1, 0.15) is 30.4 Å². The summed E-state index contributed by atoms with van der Waals surface area (Å²) in [7, 11) is -7.78. The Balaban J connectivity index is 1.41. The molecule has 2 aliphatic heterocycles. The van der Waals surface area contributed by atoms with Crippen molar-refractivity contribution in [2.24, 2.45) is 22.2 Å². The summed E-state index contributed by atoms with van der Waals surface area (Å²) in [5, 5.41) is 14.2. The number of carbonyl (C=O) groups excluding carboxylic acids is 1. The SMILES string of the molecule is CS(=O)(=O)Cc1ccc2c(c1)S(=O)(=O)N=C(C1=C(O)[C@H]3C([C@@H]4CC[C@H]3C4)N(Cc3ccc(F)c(F)c3)C1=O)N2. The molecular formula is C26H25F2N3O6S2. The lowest BCUT2D eigenvalue weighted by Crippen LogP contribution is -2.53. The van der Waals surface area contributed by atoms with Crippen molar-refractivity contribution in [1.29, 1.82) is 0 Å². The van der Waals surface area contributed by atoms with E-state index in [1.54, 1.807) is 0 Å². The quantitative estimate of drug-likeness (QED) is 0.557. The van der Waals surface area contributed by atoms with Gasteiger partial charge in [-0.3, -0.25) is 4.79 Å². The summed E-state index contributed by atoms with van der Waals surface area (Å²) in [5.41, 5.74) is 0.437. The van der Waals surface area contributed by atoms with Crippen LogP contribution < -0.4 is 5.32 Å². The molecule has 0 radical (unpaired) electrons. The molecule has 2 aliphatic carbocycles. The molecule has 9 nitrogen and oxygen atoms in total. The molecule has 2 aromatic carbocycles. The summed E-state index contributed by atoms with van der Waals surface area (Å²) >= 11 is 0. The third-order valence-electron chi connectivity index (χ3n) is 8.07. The standard InChI is InChI=1S/C26H25F2N3O6S2/c1-38(34,35)12-14-3-7-19-20(9-14)39(36,37)30-25(29-19)22-24(32)21-15-4-5-16(10-15)23(21)31(26(22)33)11-13-2-6-17(27)18(28)8-13/h2-3,6-9,15-16,21,23,32H,4-5,10-12H2,1H3,(H,29,30)/t15-,16+,21+,23?/m0/s1. The Labute approximate surface area is 224 Å². The van der Waals surface area contributed by atoms with E-state index in [1.165, 1.54) is 29.2 Å². The molecule has 206 valence electrons. The average Bonchev–Trinajstić information content (AvgIpc) is 3.46. The Bertz CT molecular complexity index is 1700. The van der Waals surface area contributed by atoms with E-state index < -0.39 is 43.3 Å². The summed E-state index contributed by atoms with van der Waals surface area (Å²) < 4.78 is 81.1. The van der Waals surface area contributed by atoms with Gasteiger partial charge in [0.2, 0.25) is 0 Å². The van der Waals surface area contributed by atoms with E-state index in [0.29, 0.717) is 5.56 Å². The summed E-state index contributed by atoms with van der Waals surface area (Å²) in [6.07, 6.45) is 3.54. The van der Waals surface area contributed by atoms with E-state index in [9.17, 15) is 35.5 Å². The fraction of sp³-hybridized carbons (Fsp3) is 0.385. The number of aliphatic hydroxyl groups excluding tert-OH is 1. The number of hydrogen-bond acceptors (Lipinski definition) is 7. The Morgan fingerprint density at radius 1 is 1.08 bits per heavy atom. The predicted molar refractivity (Wildman–Crippen MR) is 138 cm³/mol. The van der Waals surface area contributed by atoms with E-state index >= 15 is 0 Å². The second-order valence-electron chi connectivity index (χ2n) is 10.7. The van der Waals surface area contributed by atoms with Gasteiger partial charge in [-0.1, -0.05) is 12.1 Å². The first-order chi connectivity index (χ1) is 18.3. The molecule has 2 saturated carbocycles. The Kier molecular flexibility index (Phi) is 5.88. The summed E-state index contributed by atoms with van der Waals surface area (Å²) in [5.74, 6) is -3.87. The topological polar surface area (TPSA) is 133 Å². The smallest absolute Gasteiger partial charge is 0.286 e. The molecule has 0 saturated heterocycles. The van der Waals surface area contributed by atoms with Crippen molar-refractivity contribution in [1.82, 2.24) is 4.90 Å². The highest BCUT2D eigenvalue weighted by atomic mass is 32.2. The molecule has 2 bridgehead atoms. The second kappa shape index (κ2) is 8.85. The van der Waals surface area contributed by atoms with Crippen LogP contribution in [0.15, 0.2) is 57.0 Å². The molecule has 2 aromatic rings. The zero-order chi connectivity index (χ0) is 27.9. The van der Waals surface area contributed by atoms with Gasteiger partial charge >= 0.3 is 0 Å². The number of sulfone groups is 1. The molecule has 1 unspecified atom stereocenters. The van der Waals surface area contributed by atoms with Crippen LogP contribution in [0.2, 0.25) is 0 Å². The largest absolute Gasteiger partial charge is 0.511 e. The molecule has 1 amide bonds. The molecule has 2 N–H and O–H groups in total. The van der Waals surface area contributed by atoms with Crippen LogP contribution in [0.5, 0.6) is 0 Å². The van der Waals surface area contributed by atoms with Crippen LogP contribution in [-0.2, 0) is 37.0 Å². The first-order valence-electron chi connectivity index (χ1n) is 12.4. The highest BCUT2D eigenvalue weighted by molar-refractivity contribution is 7.90. The monoisotopic (exact) mass is 577 g/mol. The highest BCUT2D eigenvalue weighted by Crippen LogP contribution is 2.55. The second-order valence-corrected chi connectivity index (χ2v) is 14.4. The lowest BCUT2D eigenvalue weighted by molar-refractivity contribution is -0.134. The van der Waals surface area contributed by atoms with Crippen molar-refractivity contribution >= 4 is 37.3 Å². The number of nitrogens with zero attached hydrogens (tertiary/aromatic N) is 2. The number of sulfonamides is 1. The van der Waals surface area contributed by atoms with Crippen LogP contribution in [0, 0.1) is 29.4 Å². The number of nitrogens with one attached hydrogen (secondary N) is 1. The molecule has 0 aromatic heterocycles. The van der Waals surface area contributed by atoms with Crippen LogP contribution >= 0.6 is 0 Å². The number of halogens is 2. The van der Waals surface area contributed by atoms with E-state index in [1.807, 2.05) is 0 Å². The number of carbonyl (C=O) groups is 1. The number of rotatable bonds is 5. The normalized spacial score (nSPS) is 27.2. The van der Waals surface area contributed by atoms with Crippen molar-refractivity contribution in [2.45, 2.75) is 42.5 Å². The molecule has 4 aliphatic rings. The van der Waals surface area contributed by atoms with Gasteiger partial charge < -0.3 is 15.3 Å². The maximum absolute atomic E-state index is 14.0. The number of benzene rings is 2. The Morgan fingerprint density at radius 2 is 1.79 bits per heavy atom. The molecule has 0 spiro atoms. The molecular weight excluding hydrogens is 552 g/mol. The summed E-state index contributed by atoms with van der Waals surface area (Å²) in [4.78, 5) is 15.2. The maximum Gasteiger partial charge on any atom is 0.286 e. The zero-order valence-corrected chi connectivity index (χ0v) is 22.4. The number of amidine groups is 1. The first-order valence-corrected chi connectivity index (χ1v) is 15.9. The number of aliphatic hydroxyl groups is 1. The number of amides is 1. The van der Waals surface area contributed by atoms with Crippen molar-refractivity contribution < 1.29 is 35.5 Å². The summed E-state index contributed by atoms with van der Waals surface area (Å²) in [6.45, 7) is -0.0529. The molecule has 39 heavy (non-hydrogen) atoms. The van der Waals surface area contributed by atoms with Crippen molar-refractivity contribution in [3.05, 3.63) is 70.5 Å².